The maximum Gasteiger partial charge on any atom is 0.303 e. The van der Waals surface area contributed by atoms with Crippen molar-refractivity contribution in [3.8, 4) is 0 Å². The van der Waals surface area contributed by atoms with E-state index in [1.807, 2.05) is 0 Å². The number of hydrogen-bond acceptors (Lipinski definition) is 3. The van der Waals surface area contributed by atoms with E-state index < -0.39 is 11.9 Å². The molecule has 0 saturated carbocycles. The fourth-order valence-electron chi connectivity index (χ4n) is 0. The number of allylic oxidation sites excluding steroid dienone is 1. The Kier molecular flexibility index (Phi) is 22.7. The minimum atomic E-state index is -0.745. The van der Waals surface area contributed by atoms with Gasteiger partial charge in [0.25, 0.3) is 0 Å². The first-order valence-corrected chi connectivity index (χ1v) is 3.95. The molecule has 82 valence electrons. The molecule has 0 atom stereocenters. The molecule has 2 N–H and O–H groups in total. The van der Waals surface area contributed by atoms with Crippen LogP contribution in [-0.4, -0.2) is 28.4 Å². The van der Waals surface area contributed by atoms with Crippen LogP contribution in [0.15, 0.2) is 12.7 Å². The second-order valence-electron chi connectivity index (χ2n) is 1.87. The lowest BCUT2D eigenvalue weighted by Crippen LogP contribution is -1.86. The molecule has 0 aliphatic rings. The summed E-state index contributed by atoms with van der Waals surface area (Å²) in [5, 5.41) is 15.4. The molecular weight excluding hydrogens is 188 g/mol. The Hall–Kier alpha value is -1.65. The average molecular weight is 204 g/mol. The van der Waals surface area contributed by atoms with Gasteiger partial charge >= 0.3 is 11.9 Å². The number of hydrogen-bond donors (Lipinski definition) is 2. The average Bonchev–Trinajstić information content (AvgIpc) is 2.19. The van der Waals surface area contributed by atoms with Crippen LogP contribution in [0.2, 0.25) is 0 Å². The van der Waals surface area contributed by atoms with Gasteiger partial charge in [-0.3, -0.25) is 14.4 Å². The van der Waals surface area contributed by atoms with E-state index in [1.54, 1.807) is 13.8 Å². The summed E-state index contributed by atoms with van der Waals surface area (Å²) in [4.78, 5) is 27.8. The van der Waals surface area contributed by atoms with Crippen LogP contribution in [0.4, 0.5) is 0 Å². The fraction of sp³-hybridized carbons (Fsp3) is 0.444. The maximum atomic E-state index is 9.37. The molecule has 0 spiro atoms. The monoisotopic (exact) mass is 204 g/mol. The SMILES string of the molecule is C=CC=O.CCC(=O)O.CCC(=O)O. The van der Waals surface area contributed by atoms with E-state index in [0.29, 0.717) is 6.29 Å². The first kappa shape index (κ1) is 18.2. The summed E-state index contributed by atoms with van der Waals surface area (Å²) >= 11 is 0. The number of carboxylic acids is 2. The second kappa shape index (κ2) is 17.4. The summed E-state index contributed by atoms with van der Waals surface area (Å²) < 4.78 is 0. The smallest absolute Gasteiger partial charge is 0.303 e. The zero-order valence-electron chi connectivity index (χ0n) is 8.40. The molecule has 0 rings (SSSR count). The van der Waals surface area contributed by atoms with Crippen LogP contribution in [-0.2, 0) is 14.4 Å². The predicted octanol–water partition coefficient (Wildman–Crippen LogP) is 1.33. The van der Waals surface area contributed by atoms with Gasteiger partial charge in [0, 0.05) is 12.8 Å². The van der Waals surface area contributed by atoms with Gasteiger partial charge in [-0.1, -0.05) is 20.4 Å². The Balaban J connectivity index is -0.000000131. The van der Waals surface area contributed by atoms with Crippen LogP contribution in [0.5, 0.6) is 0 Å². The maximum absolute atomic E-state index is 9.37. The number of carbonyl (C=O) groups excluding carboxylic acids is 1. The van der Waals surface area contributed by atoms with Crippen molar-refractivity contribution in [3.05, 3.63) is 12.7 Å². The normalized spacial score (nSPS) is 6.71. The van der Waals surface area contributed by atoms with Crippen molar-refractivity contribution in [2.45, 2.75) is 26.7 Å². The molecular formula is C9H16O5. The van der Waals surface area contributed by atoms with Gasteiger partial charge in [0.15, 0.2) is 0 Å². The molecule has 14 heavy (non-hydrogen) atoms. The van der Waals surface area contributed by atoms with Crippen molar-refractivity contribution < 1.29 is 24.6 Å². The molecule has 5 nitrogen and oxygen atoms in total. The van der Waals surface area contributed by atoms with Crippen LogP contribution in [0.3, 0.4) is 0 Å². The van der Waals surface area contributed by atoms with E-state index in [-0.39, 0.29) is 12.8 Å². The molecule has 0 heterocycles. The third kappa shape index (κ3) is 80.6. The molecule has 0 radical (unpaired) electrons. The van der Waals surface area contributed by atoms with Crippen LogP contribution < -0.4 is 0 Å². The van der Waals surface area contributed by atoms with Gasteiger partial charge in [0.05, 0.1) is 0 Å². The number of carboxylic acid groups (broad SMARTS) is 2. The van der Waals surface area contributed by atoms with Gasteiger partial charge in [-0.25, -0.2) is 0 Å². The molecule has 0 bridgehead atoms. The second-order valence-corrected chi connectivity index (χ2v) is 1.87. The number of aliphatic carboxylic acids is 2. The van der Waals surface area contributed by atoms with Gasteiger partial charge in [0.2, 0.25) is 0 Å². The molecule has 0 aliphatic heterocycles. The largest absolute Gasteiger partial charge is 0.481 e. The van der Waals surface area contributed by atoms with Crippen LogP contribution in [0.25, 0.3) is 0 Å². The molecule has 5 heteroatoms. The summed E-state index contributed by atoms with van der Waals surface area (Å²) in [6.45, 7) is 6.31. The topological polar surface area (TPSA) is 91.7 Å². The highest BCUT2D eigenvalue weighted by Crippen LogP contribution is 1.67. The summed E-state index contributed by atoms with van der Waals surface area (Å²) in [5.74, 6) is -1.49. The molecule has 0 fully saturated rings. The first-order chi connectivity index (χ1) is 6.45. The van der Waals surface area contributed by atoms with Crippen molar-refractivity contribution in [2.24, 2.45) is 0 Å². The van der Waals surface area contributed by atoms with E-state index in [9.17, 15) is 9.59 Å². The Morgan fingerprint density at radius 3 is 1.29 bits per heavy atom. The van der Waals surface area contributed by atoms with Crippen LogP contribution >= 0.6 is 0 Å². The summed E-state index contributed by atoms with van der Waals surface area (Å²) in [6, 6.07) is 0. The molecule has 0 unspecified atom stereocenters. The highest BCUT2D eigenvalue weighted by atomic mass is 16.4. The van der Waals surface area contributed by atoms with Crippen molar-refractivity contribution in [2.75, 3.05) is 0 Å². The number of carbonyl (C=O) groups is 3. The fourth-order valence-corrected chi connectivity index (χ4v) is 0. The molecule has 0 saturated heterocycles. The zero-order valence-corrected chi connectivity index (χ0v) is 8.40. The summed E-state index contributed by atoms with van der Waals surface area (Å²) in [6.07, 6.45) is 2.28. The van der Waals surface area contributed by atoms with E-state index in [4.69, 9.17) is 15.0 Å². The van der Waals surface area contributed by atoms with Gasteiger partial charge in [-0.05, 0) is 6.08 Å². The lowest BCUT2D eigenvalue weighted by Gasteiger charge is -1.71. The Labute approximate surface area is 83.1 Å². The van der Waals surface area contributed by atoms with E-state index >= 15 is 0 Å². The number of rotatable bonds is 3. The molecule has 0 aromatic rings. The van der Waals surface area contributed by atoms with Crippen molar-refractivity contribution in [3.63, 3.8) is 0 Å². The Morgan fingerprint density at radius 2 is 1.29 bits per heavy atom. The van der Waals surface area contributed by atoms with Gasteiger partial charge in [0.1, 0.15) is 6.29 Å². The van der Waals surface area contributed by atoms with E-state index in [1.165, 1.54) is 6.08 Å². The molecule has 0 aromatic carbocycles. The van der Waals surface area contributed by atoms with Gasteiger partial charge < -0.3 is 10.2 Å². The van der Waals surface area contributed by atoms with Crippen LogP contribution in [0, 0.1) is 0 Å². The minimum Gasteiger partial charge on any atom is -0.481 e. The van der Waals surface area contributed by atoms with E-state index in [0.717, 1.165) is 0 Å². The highest BCUT2D eigenvalue weighted by Gasteiger charge is 1.81. The van der Waals surface area contributed by atoms with Gasteiger partial charge in [-0.2, -0.15) is 0 Å². The summed E-state index contributed by atoms with van der Waals surface area (Å²) in [7, 11) is 0. The standard InChI is InChI=1S/2C3H6O2.C3H4O/c2*1-2-3(4)5;1-2-3-4/h2*2H2,1H3,(H,4,5);2-3H,1H2. The molecule has 0 amide bonds. The number of aldehydes is 1. The van der Waals surface area contributed by atoms with Crippen LogP contribution in [0.1, 0.15) is 26.7 Å². The highest BCUT2D eigenvalue weighted by molar-refractivity contribution is 5.66. The van der Waals surface area contributed by atoms with Gasteiger partial charge in [-0.15, -0.1) is 0 Å². The third-order valence-electron chi connectivity index (χ3n) is 0.701. The summed E-state index contributed by atoms with van der Waals surface area (Å²) in [5.41, 5.74) is 0. The Morgan fingerprint density at radius 1 is 1.14 bits per heavy atom. The lowest BCUT2D eigenvalue weighted by atomic mass is 10.5. The minimum absolute atomic E-state index is 0.222. The first-order valence-electron chi connectivity index (χ1n) is 3.95. The Bertz CT molecular complexity index is 154. The van der Waals surface area contributed by atoms with Crippen molar-refractivity contribution in [1.82, 2.24) is 0 Å². The van der Waals surface area contributed by atoms with Crippen molar-refractivity contribution >= 4 is 18.2 Å². The molecule has 0 aromatic heterocycles. The molecule has 0 aliphatic carbocycles. The third-order valence-corrected chi connectivity index (χ3v) is 0.701. The predicted molar refractivity (Wildman–Crippen MR) is 52.1 cm³/mol. The van der Waals surface area contributed by atoms with E-state index in [2.05, 4.69) is 6.58 Å². The van der Waals surface area contributed by atoms with Crippen molar-refractivity contribution in [1.29, 1.82) is 0 Å². The quantitative estimate of drug-likeness (QED) is 0.534. The zero-order chi connectivity index (χ0) is 12.0. The lowest BCUT2D eigenvalue weighted by molar-refractivity contribution is -0.137.